The van der Waals surface area contributed by atoms with E-state index in [0.717, 1.165) is 6.42 Å². The fourth-order valence-corrected chi connectivity index (χ4v) is 3.72. The Morgan fingerprint density at radius 2 is 1.77 bits per heavy atom. The third-order valence-electron chi connectivity index (χ3n) is 3.92. The number of hydrogen-bond acceptors (Lipinski definition) is 5. The molecule has 140 valence electrons. The van der Waals surface area contributed by atoms with E-state index in [0.29, 0.717) is 35.5 Å². The van der Waals surface area contributed by atoms with E-state index in [4.69, 9.17) is 25.8 Å². The molecule has 0 atom stereocenters. The van der Waals surface area contributed by atoms with Gasteiger partial charge in [-0.3, -0.25) is 0 Å². The van der Waals surface area contributed by atoms with Gasteiger partial charge in [0.15, 0.2) is 11.5 Å². The van der Waals surface area contributed by atoms with Crippen LogP contribution in [0.2, 0.25) is 5.02 Å². The predicted molar refractivity (Wildman–Crippen MR) is 98.8 cm³/mol. The van der Waals surface area contributed by atoms with Crippen LogP contribution in [0.5, 0.6) is 17.2 Å². The highest BCUT2D eigenvalue weighted by molar-refractivity contribution is 7.89. The molecule has 6 nitrogen and oxygen atoms in total. The number of likely N-dealkylation sites (N-methyl/N-ethyl adjacent to an activating group) is 1. The number of rotatable bonds is 6. The Labute approximate surface area is 158 Å². The molecule has 2 aromatic rings. The van der Waals surface area contributed by atoms with Gasteiger partial charge < -0.3 is 14.2 Å². The predicted octanol–water partition coefficient (Wildman–Crippen LogP) is 3.20. The fourth-order valence-electron chi connectivity index (χ4n) is 2.43. The molecule has 1 aliphatic heterocycles. The summed E-state index contributed by atoms with van der Waals surface area (Å²) in [6, 6.07) is 11.6. The van der Waals surface area contributed by atoms with E-state index in [1.54, 1.807) is 30.3 Å². The second-order valence-electron chi connectivity index (χ2n) is 5.79. The summed E-state index contributed by atoms with van der Waals surface area (Å²) in [5.41, 5.74) is 0. The van der Waals surface area contributed by atoms with E-state index >= 15 is 0 Å². The summed E-state index contributed by atoms with van der Waals surface area (Å²) < 4.78 is 43.4. The molecule has 0 unspecified atom stereocenters. The number of fused-ring (bicyclic) bond motifs is 1. The van der Waals surface area contributed by atoms with E-state index in [1.165, 1.54) is 23.5 Å². The monoisotopic (exact) mass is 397 g/mol. The lowest BCUT2D eigenvalue weighted by atomic mass is 10.3. The molecular weight excluding hydrogens is 378 g/mol. The van der Waals surface area contributed by atoms with Gasteiger partial charge in [-0.1, -0.05) is 11.6 Å². The maximum atomic E-state index is 12.7. The molecule has 8 heteroatoms. The Morgan fingerprint density at radius 3 is 2.50 bits per heavy atom. The minimum Gasteiger partial charge on any atom is -0.492 e. The molecule has 0 fully saturated rings. The normalized spacial score (nSPS) is 14.1. The second-order valence-corrected chi connectivity index (χ2v) is 8.27. The molecule has 1 aliphatic rings. The molecule has 26 heavy (non-hydrogen) atoms. The van der Waals surface area contributed by atoms with Crippen molar-refractivity contribution in [2.75, 3.05) is 33.4 Å². The highest BCUT2D eigenvalue weighted by Crippen LogP contribution is 2.32. The van der Waals surface area contributed by atoms with Gasteiger partial charge in [0, 0.05) is 31.1 Å². The number of sulfonamides is 1. The zero-order valence-electron chi connectivity index (χ0n) is 14.4. The summed E-state index contributed by atoms with van der Waals surface area (Å²) in [6.45, 7) is 1.49. The summed E-state index contributed by atoms with van der Waals surface area (Å²) in [5, 5.41) is 0.617. The fraction of sp³-hybridized carbons (Fsp3) is 0.333. The van der Waals surface area contributed by atoms with Gasteiger partial charge in [-0.05, 0) is 36.4 Å². The molecular formula is C18H20ClNO5S. The highest BCUT2D eigenvalue weighted by Gasteiger charge is 2.23. The quantitative estimate of drug-likeness (QED) is 0.748. The molecule has 0 saturated heterocycles. The van der Waals surface area contributed by atoms with Crippen molar-refractivity contribution >= 4 is 21.6 Å². The van der Waals surface area contributed by atoms with Gasteiger partial charge in [-0.25, -0.2) is 8.42 Å². The first-order valence-corrected chi connectivity index (χ1v) is 10.0. The molecule has 0 saturated carbocycles. The summed E-state index contributed by atoms with van der Waals surface area (Å²) in [4.78, 5) is 0.163. The van der Waals surface area contributed by atoms with Gasteiger partial charge in [-0.2, -0.15) is 4.31 Å². The molecule has 0 spiro atoms. The average molecular weight is 398 g/mol. The third-order valence-corrected chi connectivity index (χ3v) is 6.02. The molecule has 1 heterocycles. The maximum absolute atomic E-state index is 12.7. The van der Waals surface area contributed by atoms with Crippen molar-refractivity contribution in [3.05, 3.63) is 47.5 Å². The highest BCUT2D eigenvalue weighted by atomic mass is 35.5. The molecule has 0 N–H and O–H groups in total. The molecule has 0 radical (unpaired) electrons. The second kappa shape index (κ2) is 8.16. The van der Waals surface area contributed by atoms with Crippen molar-refractivity contribution in [1.82, 2.24) is 4.31 Å². The van der Waals surface area contributed by atoms with Crippen LogP contribution in [-0.2, 0) is 10.0 Å². The zero-order valence-corrected chi connectivity index (χ0v) is 15.9. The van der Waals surface area contributed by atoms with Crippen molar-refractivity contribution in [1.29, 1.82) is 0 Å². The Bertz CT molecular complexity index is 854. The summed E-state index contributed by atoms with van der Waals surface area (Å²) in [6.07, 6.45) is 0.763. The lowest BCUT2D eigenvalue weighted by molar-refractivity contribution is 0.287. The maximum Gasteiger partial charge on any atom is 0.243 e. The van der Waals surface area contributed by atoms with Crippen LogP contribution in [0.15, 0.2) is 47.4 Å². The SMILES string of the molecule is CN(CCOc1ccc(Cl)cc1)S(=O)(=O)c1ccc2c(c1)OCCCO2. The van der Waals surface area contributed by atoms with Gasteiger partial charge in [0.05, 0.1) is 18.1 Å². The number of nitrogens with zero attached hydrogens (tertiary/aromatic N) is 1. The Balaban J connectivity index is 1.65. The van der Waals surface area contributed by atoms with Crippen molar-refractivity contribution in [2.45, 2.75) is 11.3 Å². The first kappa shape index (κ1) is 18.8. The first-order valence-electron chi connectivity index (χ1n) is 8.21. The van der Waals surface area contributed by atoms with E-state index < -0.39 is 10.0 Å². The van der Waals surface area contributed by atoms with Crippen LogP contribution in [0, 0.1) is 0 Å². The molecule has 3 rings (SSSR count). The Kier molecular flexibility index (Phi) is 5.90. The summed E-state index contributed by atoms with van der Waals surface area (Å²) in [7, 11) is -2.13. The standard InChI is InChI=1S/C18H20ClNO5S/c1-20(9-12-23-15-5-3-14(19)4-6-15)26(21,22)16-7-8-17-18(13-16)25-11-2-10-24-17/h3-8,13H,2,9-12H2,1H3. The van der Waals surface area contributed by atoms with Crippen molar-refractivity contribution in [3.8, 4) is 17.2 Å². The van der Waals surface area contributed by atoms with E-state index in [9.17, 15) is 8.42 Å². The van der Waals surface area contributed by atoms with Crippen LogP contribution >= 0.6 is 11.6 Å². The van der Waals surface area contributed by atoms with Crippen LogP contribution in [0.4, 0.5) is 0 Å². The minimum atomic E-state index is -3.65. The summed E-state index contributed by atoms with van der Waals surface area (Å²) in [5.74, 6) is 1.65. The third kappa shape index (κ3) is 4.41. The Morgan fingerprint density at radius 1 is 1.08 bits per heavy atom. The average Bonchev–Trinajstić information content (AvgIpc) is 2.88. The van der Waals surface area contributed by atoms with E-state index in [-0.39, 0.29) is 18.0 Å². The number of halogens is 1. The number of benzene rings is 2. The lowest BCUT2D eigenvalue weighted by Gasteiger charge is -2.18. The number of hydrogen-bond donors (Lipinski definition) is 0. The van der Waals surface area contributed by atoms with Crippen LogP contribution in [-0.4, -0.2) is 46.1 Å². The smallest absolute Gasteiger partial charge is 0.243 e. The number of ether oxygens (including phenoxy) is 3. The van der Waals surface area contributed by atoms with Crippen LogP contribution < -0.4 is 14.2 Å². The van der Waals surface area contributed by atoms with Gasteiger partial charge in [0.1, 0.15) is 12.4 Å². The van der Waals surface area contributed by atoms with Gasteiger partial charge in [-0.15, -0.1) is 0 Å². The molecule has 0 amide bonds. The van der Waals surface area contributed by atoms with Gasteiger partial charge in [0.25, 0.3) is 0 Å². The van der Waals surface area contributed by atoms with Crippen molar-refractivity contribution in [2.24, 2.45) is 0 Å². The summed E-state index contributed by atoms with van der Waals surface area (Å²) >= 11 is 5.82. The van der Waals surface area contributed by atoms with Crippen LogP contribution in [0.1, 0.15) is 6.42 Å². The lowest BCUT2D eigenvalue weighted by Crippen LogP contribution is -2.31. The van der Waals surface area contributed by atoms with Gasteiger partial charge in [0.2, 0.25) is 10.0 Å². The first-order chi connectivity index (χ1) is 12.5. The van der Waals surface area contributed by atoms with Crippen molar-refractivity contribution < 1.29 is 22.6 Å². The molecule has 0 aliphatic carbocycles. The largest absolute Gasteiger partial charge is 0.492 e. The molecule has 0 aromatic heterocycles. The zero-order chi connectivity index (χ0) is 18.6. The Hall–Kier alpha value is -1.96. The topological polar surface area (TPSA) is 65.1 Å². The van der Waals surface area contributed by atoms with E-state index in [2.05, 4.69) is 0 Å². The van der Waals surface area contributed by atoms with Crippen LogP contribution in [0.3, 0.4) is 0 Å². The molecule has 2 aromatic carbocycles. The van der Waals surface area contributed by atoms with Gasteiger partial charge >= 0.3 is 0 Å². The van der Waals surface area contributed by atoms with Crippen molar-refractivity contribution in [3.63, 3.8) is 0 Å². The van der Waals surface area contributed by atoms with E-state index in [1.807, 2.05) is 0 Å². The van der Waals surface area contributed by atoms with Crippen LogP contribution in [0.25, 0.3) is 0 Å². The minimum absolute atomic E-state index is 0.163. The molecule has 0 bridgehead atoms.